The van der Waals surface area contributed by atoms with Crippen LogP contribution < -0.4 is 5.32 Å². The zero-order valence-corrected chi connectivity index (χ0v) is 13.6. The summed E-state index contributed by atoms with van der Waals surface area (Å²) >= 11 is 0. The van der Waals surface area contributed by atoms with Crippen molar-refractivity contribution in [2.45, 2.75) is 39.7 Å². The summed E-state index contributed by atoms with van der Waals surface area (Å²) in [5, 5.41) is 2.89. The quantitative estimate of drug-likeness (QED) is 0.521. The Morgan fingerprint density at radius 1 is 1.10 bits per heavy atom. The molecule has 0 aromatic rings. The van der Waals surface area contributed by atoms with Crippen LogP contribution in [0.2, 0.25) is 0 Å². The van der Waals surface area contributed by atoms with Gasteiger partial charge in [0, 0.05) is 32.2 Å². The first-order chi connectivity index (χ1) is 10.0. The van der Waals surface area contributed by atoms with Crippen molar-refractivity contribution in [3.8, 4) is 0 Å². The molecule has 0 bridgehead atoms. The van der Waals surface area contributed by atoms with Crippen molar-refractivity contribution in [2.24, 2.45) is 0 Å². The van der Waals surface area contributed by atoms with Crippen molar-refractivity contribution in [3.63, 3.8) is 0 Å². The molecule has 0 aliphatic carbocycles. The highest BCUT2D eigenvalue weighted by Crippen LogP contribution is 2.02. The summed E-state index contributed by atoms with van der Waals surface area (Å²) in [6, 6.07) is 0.177. The van der Waals surface area contributed by atoms with Crippen LogP contribution in [-0.4, -0.2) is 73.6 Å². The van der Waals surface area contributed by atoms with Crippen molar-refractivity contribution in [3.05, 3.63) is 0 Å². The molecule has 0 unspecified atom stereocenters. The maximum atomic E-state index is 11.7. The average Bonchev–Trinajstić information content (AvgIpc) is 2.40. The molecular formula is C15H29N3O3. The second kappa shape index (κ2) is 9.73. The number of rotatable bonds is 8. The van der Waals surface area contributed by atoms with Gasteiger partial charge in [0.25, 0.3) is 0 Å². The number of unbranched alkanes of at least 4 members (excludes halogenated alkanes) is 1. The van der Waals surface area contributed by atoms with Gasteiger partial charge in [-0.3, -0.25) is 19.4 Å². The molecule has 1 aliphatic heterocycles. The zero-order valence-electron chi connectivity index (χ0n) is 13.6. The fraction of sp³-hybridized carbons (Fsp3) is 0.867. The molecule has 0 aromatic heterocycles. The molecule has 1 amide bonds. The Bertz CT molecular complexity index is 326. The van der Waals surface area contributed by atoms with Gasteiger partial charge in [0.1, 0.15) is 0 Å². The molecule has 0 aromatic carbocycles. The second-order valence-electron chi connectivity index (χ2n) is 5.85. The maximum absolute atomic E-state index is 11.7. The van der Waals surface area contributed by atoms with Crippen LogP contribution >= 0.6 is 0 Å². The van der Waals surface area contributed by atoms with Gasteiger partial charge < -0.3 is 10.1 Å². The van der Waals surface area contributed by atoms with Gasteiger partial charge >= 0.3 is 5.97 Å². The first-order valence-corrected chi connectivity index (χ1v) is 7.91. The summed E-state index contributed by atoms with van der Waals surface area (Å²) in [6.07, 6.45) is 1.95. The van der Waals surface area contributed by atoms with Crippen LogP contribution in [0.15, 0.2) is 0 Å². The lowest BCUT2D eigenvalue weighted by atomic mass is 10.3. The largest absolute Gasteiger partial charge is 0.465 e. The van der Waals surface area contributed by atoms with Crippen LogP contribution in [0.3, 0.4) is 0 Å². The minimum atomic E-state index is -0.144. The average molecular weight is 299 g/mol. The number of esters is 1. The molecular weight excluding hydrogens is 270 g/mol. The minimum absolute atomic E-state index is 0.0671. The summed E-state index contributed by atoms with van der Waals surface area (Å²) in [5.74, 6) is -0.0770. The van der Waals surface area contributed by atoms with Crippen molar-refractivity contribution in [1.29, 1.82) is 0 Å². The normalized spacial score (nSPS) is 17.0. The van der Waals surface area contributed by atoms with E-state index >= 15 is 0 Å². The standard InChI is InChI=1S/C15H29N3O3/c1-4-5-10-21-15(20)12-18-8-6-17(7-9-18)11-14(19)16-13(2)3/h13H,4-12H2,1-3H3,(H,16,19). The van der Waals surface area contributed by atoms with Gasteiger partial charge in [-0.1, -0.05) is 13.3 Å². The predicted octanol–water partition coefficient (Wildman–Crippen LogP) is 0.472. The molecule has 0 saturated carbocycles. The maximum Gasteiger partial charge on any atom is 0.320 e. The molecule has 6 heteroatoms. The number of ether oxygens (including phenoxy) is 1. The molecule has 21 heavy (non-hydrogen) atoms. The molecule has 1 heterocycles. The number of hydrogen-bond donors (Lipinski definition) is 1. The Balaban J connectivity index is 2.17. The van der Waals surface area contributed by atoms with E-state index in [-0.39, 0.29) is 17.9 Å². The first-order valence-electron chi connectivity index (χ1n) is 7.91. The number of nitrogens with one attached hydrogen (secondary N) is 1. The minimum Gasteiger partial charge on any atom is -0.465 e. The van der Waals surface area contributed by atoms with Gasteiger partial charge in [-0.25, -0.2) is 0 Å². The number of piperazine rings is 1. The van der Waals surface area contributed by atoms with E-state index < -0.39 is 0 Å². The van der Waals surface area contributed by atoms with Gasteiger partial charge in [0.2, 0.25) is 5.91 Å². The Morgan fingerprint density at radius 3 is 2.19 bits per heavy atom. The Morgan fingerprint density at radius 2 is 1.67 bits per heavy atom. The predicted molar refractivity (Wildman–Crippen MR) is 82.0 cm³/mol. The van der Waals surface area contributed by atoms with Gasteiger partial charge in [-0.2, -0.15) is 0 Å². The number of amides is 1. The van der Waals surface area contributed by atoms with Crippen molar-refractivity contribution < 1.29 is 14.3 Å². The molecule has 122 valence electrons. The number of nitrogens with zero attached hydrogens (tertiary/aromatic N) is 2. The summed E-state index contributed by atoms with van der Waals surface area (Å²) in [4.78, 5) is 27.5. The van der Waals surface area contributed by atoms with E-state index in [1.807, 2.05) is 13.8 Å². The van der Waals surface area contributed by atoms with Crippen molar-refractivity contribution >= 4 is 11.9 Å². The monoisotopic (exact) mass is 299 g/mol. The number of carbonyl (C=O) groups excluding carboxylic acids is 2. The summed E-state index contributed by atoms with van der Waals surface area (Å²) in [6.45, 7) is 10.5. The first kappa shape index (κ1) is 17.9. The van der Waals surface area contributed by atoms with E-state index in [0.717, 1.165) is 39.0 Å². The highest BCUT2D eigenvalue weighted by Gasteiger charge is 2.21. The van der Waals surface area contributed by atoms with Crippen molar-refractivity contribution in [2.75, 3.05) is 45.9 Å². The molecule has 0 atom stereocenters. The molecule has 1 saturated heterocycles. The lowest BCUT2D eigenvalue weighted by Gasteiger charge is -2.33. The Hall–Kier alpha value is -1.14. The molecule has 0 radical (unpaired) electrons. The lowest BCUT2D eigenvalue weighted by molar-refractivity contribution is -0.145. The van der Waals surface area contributed by atoms with Gasteiger partial charge in [-0.15, -0.1) is 0 Å². The van der Waals surface area contributed by atoms with Crippen LogP contribution in [0.5, 0.6) is 0 Å². The van der Waals surface area contributed by atoms with E-state index in [4.69, 9.17) is 4.74 Å². The summed E-state index contributed by atoms with van der Waals surface area (Å²) < 4.78 is 5.16. The van der Waals surface area contributed by atoms with Gasteiger partial charge in [0.05, 0.1) is 19.7 Å². The van der Waals surface area contributed by atoms with E-state index in [1.165, 1.54) is 0 Å². The Kier molecular flexibility index (Phi) is 8.30. The van der Waals surface area contributed by atoms with Gasteiger partial charge in [-0.05, 0) is 20.3 Å². The molecule has 0 spiro atoms. The molecule has 1 aliphatic rings. The van der Waals surface area contributed by atoms with E-state index in [2.05, 4.69) is 22.0 Å². The zero-order chi connectivity index (χ0) is 15.7. The van der Waals surface area contributed by atoms with Crippen LogP contribution in [0.25, 0.3) is 0 Å². The molecule has 6 nitrogen and oxygen atoms in total. The summed E-state index contributed by atoms with van der Waals surface area (Å²) in [5.41, 5.74) is 0. The second-order valence-corrected chi connectivity index (χ2v) is 5.85. The molecule has 1 N–H and O–H groups in total. The Labute approximate surface area is 127 Å². The van der Waals surface area contributed by atoms with E-state index in [9.17, 15) is 9.59 Å². The summed E-state index contributed by atoms with van der Waals surface area (Å²) in [7, 11) is 0. The topological polar surface area (TPSA) is 61.9 Å². The number of carbonyl (C=O) groups is 2. The van der Waals surface area contributed by atoms with E-state index in [0.29, 0.717) is 19.7 Å². The SMILES string of the molecule is CCCCOC(=O)CN1CCN(CC(=O)NC(C)C)CC1. The van der Waals surface area contributed by atoms with E-state index in [1.54, 1.807) is 0 Å². The molecule has 1 rings (SSSR count). The molecule has 1 fully saturated rings. The van der Waals surface area contributed by atoms with Gasteiger partial charge in [0.15, 0.2) is 0 Å². The van der Waals surface area contributed by atoms with Crippen LogP contribution in [-0.2, 0) is 14.3 Å². The van der Waals surface area contributed by atoms with Crippen LogP contribution in [0.1, 0.15) is 33.6 Å². The van der Waals surface area contributed by atoms with Crippen LogP contribution in [0, 0.1) is 0 Å². The fourth-order valence-corrected chi connectivity index (χ4v) is 2.23. The van der Waals surface area contributed by atoms with Crippen molar-refractivity contribution in [1.82, 2.24) is 15.1 Å². The highest BCUT2D eigenvalue weighted by molar-refractivity contribution is 5.78. The highest BCUT2D eigenvalue weighted by atomic mass is 16.5. The lowest BCUT2D eigenvalue weighted by Crippen LogP contribution is -2.51. The third-order valence-electron chi connectivity index (χ3n) is 3.40. The van der Waals surface area contributed by atoms with Crippen LogP contribution in [0.4, 0.5) is 0 Å². The smallest absolute Gasteiger partial charge is 0.320 e. The number of hydrogen-bond acceptors (Lipinski definition) is 5. The third kappa shape index (κ3) is 8.02. The fourth-order valence-electron chi connectivity index (χ4n) is 2.23. The third-order valence-corrected chi connectivity index (χ3v) is 3.40.